The molecule has 0 spiro atoms. The molecular formula is C20H26ClN5O3. The monoisotopic (exact) mass is 419 g/mol. The third-order valence-electron chi connectivity index (χ3n) is 5.36. The van der Waals surface area contributed by atoms with Gasteiger partial charge in [-0.15, -0.1) is 0 Å². The zero-order chi connectivity index (χ0) is 21.2. The van der Waals surface area contributed by atoms with E-state index < -0.39 is 23.9 Å². The van der Waals surface area contributed by atoms with Crippen LogP contribution in [0.1, 0.15) is 56.4 Å². The van der Waals surface area contributed by atoms with Crippen molar-refractivity contribution in [2.24, 2.45) is 11.8 Å². The summed E-state index contributed by atoms with van der Waals surface area (Å²) >= 11 is 5.81. The van der Waals surface area contributed by atoms with Crippen LogP contribution in [0.5, 0.6) is 0 Å². The number of halogens is 1. The van der Waals surface area contributed by atoms with Gasteiger partial charge in [-0.05, 0) is 51.2 Å². The van der Waals surface area contributed by atoms with Crippen LogP contribution in [-0.4, -0.2) is 40.3 Å². The van der Waals surface area contributed by atoms with Crippen molar-refractivity contribution < 1.29 is 14.4 Å². The van der Waals surface area contributed by atoms with Gasteiger partial charge >= 0.3 is 0 Å². The van der Waals surface area contributed by atoms with Crippen molar-refractivity contribution in [3.05, 3.63) is 23.0 Å². The first-order valence-corrected chi connectivity index (χ1v) is 10.2. The van der Waals surface area contributed by atoms with Crippen LogP contribution in [0.2, 0.25) is 5.15 Å². The molecule has 2 fully saturated rings. The predicted octanol–water partition coefficient (Wildman–Crippen LogP) is 1.88. The molecule has 8 nitrogen and oxygen atoms in total. The molecule has 3 atom stereocenters. The number of amides is 3. The Hall–Kier alpha value is -2.53. The minimum Gasteiger partial charge on any atom is -0.351 e. The number of carbonyl (C=O) groups is 3. The van der Waals surface area contributed by atoms with Gasteiger partial charge < -0.3 is 20.9 Å². The van der Waals surface area contributed by atoms with Gasteiger partial charge in [-0.25, -0.2) is 0 Å². The van der Waals surface area contributed by atoms with Crippen LogP contribution in [0.25, 0.3) is 0 Å². The van der Waals surface area contributed by atoms with Gasteiger partial charge in [0.2, 0.25) is 11.8 Å². The first-order valence-electron chi connectivity index (χ1n) is 9.84. The Kier molecular flexibility index (Phi) is 6.18. The fourth-order valence-corrected chi connectivity index (χ4v) is 3.91. The van der Waals surface area contributed by atoms with Crippen molar-refractivity contribution in [1.82, 2.24) is 20.9 Å². The maximum absolute atomic E-state index is 12.8. The summed E-state index contributed by atoms with van der Waals surface area (Å²) in [6.07, 6.45) is 3.41. The molecule has 4 N–H and O–H groups in total. The largest absolute Gasteiger partial charge is 0.351 e. The molecule has 0 aromatic carbocycles. The van der Waals surface area contributed by atoms with Crippen LogP contribution >= 0.6 is 11.6 Å². The smallest absolute Gasteiger partial charge is 0.268 e. The molecule has 1 saturated heterocycles. The van der Waals surface area contributed by atoms with Crippen molar-refractivity contribution >= 4 is 29.3 Å². The Labute approximate surface area is 174 Å². The van der Waals surface area contributed by atoms with Crippen LogP contribution in [0.3, 0.4) is 0 Å². The highest BCUT2D eigenvalue weighted by atomic mass is 35.5. The maximum Gasteiger partial charge on any atom is 0.268 e. The number of H-pyrrole nitrogens is 1. The maximum atomic E-state index is 12.8. The second kappa shape index (κ2) is 8.46. The number of aromatic nitrogens is 1. The third kappa shape index (κ3) is 5.73. The van der Waals surface area contributed by atoms with E-state index in [2.05, 4.69) is 27.0 Å². The molecule has 1 aliphatic heterocycles. The first-order chi connectivity index (χ1) is 13.7. The number of aromatic amines is 1. The van der Waals surface area contributed by atoms with E-state index in [0.717, 1.165) is 12.8 Å². The number of nitrogens with zero attached hydrogens (tertiary/aromatic N) is 1. The van der Waals surface area contributed by atoms with E-state index >= 15 is 0 Å². The van der Waals surface area contributed by atoms with Crippen molar-refractivity contribution in [3.63, 3.8) is 0 Å². The van der Waals surface area contributed by atoms with Crippen molar-refractivity contribution in [3.8, 4) is 6.07 Å². The zero-order valence-electron chi connectivity index (χ0n) is 16.5. The molecule has 3 unspecified atom stereocenters. The fourth-order valence-electron chi connectivity index (χ4n) is 3.74. The van der Waals surface area contributed by atoms with Gasteiger partial charge in [-0.2, -0.15) is 5.26 Å². The molecule has 1 aliphatic carbocycles. The second-order valence-corrected chi connectivity index (χ2v) is 9.03. The lowest BCUT2D eigenvalue weighted by Crippen LogP contribution is -2.50. The number of hydrogen-bond acceptors (Lipinski definition) is 4. The molecule has 29 heavy (non-hydrogen) atoms. The average Bonchev–Trinajstić information content (AvgIpc) is 3.28. The van der Waals surface area contributed by atoms with Crippen LogP contribution < -0.4 is 16.0 Å². The van der Waals surface area contributed by atoms with Crippen LogP contribution in [-0.2, 0) is 9.59 Å². The average molecular weight is 420 g/mol. The Morgan fingerprint density at radius 1 is 1.31 bits per heavy atom. The Morgan fingerprint density at radius 2 is 2.03 bits per heavy atom. The number of nitrogens with one attached hydrogen (secondary N) is 4. The van der Waals surface area contributed by atoms with E-state index in [-0.39, 0.29) is 29.5 Å². The summed E-state index contributed by atoms with van der Waals surface area (Å²) in [5.74, 6) is -0.876. The van der Waals surface area contributed by atoms with Gasteiger partial charge in [0.25, 0.3) is 5.91 Å². The van der Waals surface area contributed by atoms with Crippen molar-refractivity contribution in [2.75, 3.05) is 0 Å². The van der Waals surface area contributed by atoms with Crippen LogP contribution in [0.4, 0.5) is 0 Å². The number of hydrogen-bond donors (Lipinski definition) is 4. The fraction of sp³-hybridized carbons (Fsp3) is 0.600. The first kappa shape index (κ1) is 21.2. The van der Waals surface area contributed by atoms with E-state index in [9.17, 15) is 19.6 Å². The molecule has 3 amide bonds. The lowest BCUT2D eigenvalue weighted by atomic mass is 9.92. The summed E-state index contributed by atoms with van der Waals surface area (Å²) in [4.78, 5) is 40.1. The third-order valence-corrected chi connectivity index (χ3v) is 5.58. The molecule has 9 heteroatoms. The molecule has 0 radical (unpaired) electrons. The Morgan fingerprint density at radius 3 is 2.55 bits per heavy atom. The standard InChI is InChI=1S/C20H26ClN5O3/c1-20(2)9-12(17(27)26-20)8-13(10-22)23-19(29)15(7-11-3-4-11)25-18(28)14-5-6-16(21)24-14/h5-6,11-13,15,24H,3-4,7-9H2,1-2H3,(H,23,29)(H,25,28)(H,26,27). The summed E-state index contributed by atoms with van der Waals surface area (Å²) in [7, 11) is 0. The Bertz CT molecular complexity index is 839. The van der Waals surface area contributed by atoms with E-state index in [4.69, 9.17) is 11.6 Å². The minimum atomic E-state index is -0.800. The summed E-state index contributed by atoms with van der Waals surface area (Å²) in [5, 5.41) is 18.2. The molecule has 1 aromatic rings. The molecular weight excluding hydrogens is 394 g/mol. The molecule has 2 aliphatic rings. The zero-order valence-corrected chi connectivity index (χ0v) is 17.3. The summed E-state index contributed by atoms with van der Waals surface area (Å²) in [5.41, 5.74) is -0.0451. The van der Waals surface area contributed by atoms with Crippen molar-refractivity contribution in [1.29, 1.82) is 5.26 Å². The SMILES string of the molecule is CC1(C)CC(CC(C#N)NC(=O)C(CC2CC2)NC(=O)c2ccc(Cl)[nH]2)C(=O)N1. The van der Waals surface area contributed by atoms with E-state index in [0.29, 0.717) is 23.9 Å². The van der Waals surface area contributed by atoms with Crippen molar-refractivity contribution in [2.45, 2.75) is 63.6 Å². The van der Waals surface area contributed by atoms with E-state index in [1.807, 2.05) is 13.8 Å². The summed E-state index contributed by atoms with van der Waals surface area (Å²) < 4.78 is 0. The molecule has 1 aromatic heterocycles. The number of carbonyl (C=O) groups excluding carboxylic acids is 3. The van der Waals surface area contributed by atoms with Gasteiger partial charge in [0.05, 0.1) is 6.07 Å². The molecule has 1 saturated carbocycles. The van der Waals surface area contributed by atoms with Gasteiger partial charge in [0.1, 0.15) is 22.9 Å². The highest BCUT2D eigenvalue weighted by Gasteiger charge is 2.39. The molecule has 156 valence electrons. The normalized spacial score (nSPS) is 22.3. The predicted molar refractivity (Wildman–Crippen MR) is 107 cm³/mol. The summed E-state index contributed by atoms with van der Waals surface area (Å²) in [6.45, 7) is 3.86. The lowest BCUT2D eigenvalue weighted by molar-refractivity contribution is -0.125. The van der Waals surface area contributed by atoms with Crippen LogP contribution in [0.15, 0.2) is 12.1 Å². The van der Waals surface area contributed by atoms with Gasteiger partial charge in [-0.3, -0.25) is 14.4 Å². The Balaban J connectivity index is 1.61. The minimum absolute atomic E-state index is 0.101. The van der Waals surface area contributed by atoms with E-state index in [1.54, 1.807) is 12.1 Å². The quantitative estimate of drug-likeness (QED) is 0.513. The van der Waals surface area contributed by atoms with Crippen LogP contribution in [0, 0.1) is 23.2 Å². The number of rotatable bonds is 8. The molecule has 2 heterocycles. The topological polar surface area (TPSA) is 127 Å². The van der Waals surface area contributed by atoms with E-state index in [1.165, 1.54) is 0 Å². The molecule has 0 bridgehead atoms. The van der Waals surface area contributed by atoms with Gasteiger partial charge in [0.15, 0.2) is 0 Å². The lowest BCUT2D eigenvalue weighted by Gasteiger charge is -2.21. The van der Waals surface area contributed by atoms with Gasteiger partial charge in [-0.1, -0.05) is 24.4 Å². The highest BCUT2D eigenvalue weighted by Crippen LogP contribution is 2.34. The second-order valence-electron chi connectivity index (χ2n) is 8.63. The molecule has 3 rings (SSSR count). The number of nitriles is 1. The highest BCUT2D eigenvalue weighted by molar-refractivity contribution is 6.29. The van der Waals surface area contributed by atoms with Gasteiger partial charge in [0, 0.05) is 11.5 Å². The summed E-state index contributed by atoms with van der Waals surface area (Å²) in [6, 6.07) is 3.63.